The Kier molecular flexibility index (Phi) is 5.81. The van der Waals surface area contributed by atoms with Crippen LogP contribution in [0.25, 0.3) is 12.2 Å². The molecule has 0 spiro atoms. The number of allylic oxidation sites excluding steroid dienone is 2. The normalized spacial score (nSPS) is 20.5. The summed E-state index contributed by atoms with van der Waals surface area (Å²) in [5.41, 5.74) is 12.6. The van der Waals surface area contributed by atoms with Crippen molar-refractivity contribution in [2.75, 3.05) is 0 Å². The molecule has 0 bridgehead atoms. The third kappa shape index (κ3) is 3.34. The van der Waals surface area contributed by atoms with Crippen LogP contribution in [0.15, 0.2) is 47.5 Å². The Bertz CT molecular complexity index is 1060. The van der Waals surface area contributed by atoms with Crippen molar-refractivity contribution in [2.24, 2.45) is 0 Å². The third-order valence-corrected chi connectivity index (χ3v) is 51.2. The van der Waals surface area contributed by atoms with E-state index in [-0.39, 0.29) is 0 Å². The Hall–Kier alpha value is -0.993. The predicted molar refractivity (Wildman–Crippen MR) is 134 cm³/mol. The molecule has 0 amide bonds. The van der Waals surface area contributed by atoms with E-state index in [4.69, 9.17) is 0 Å². The van der Waals surface area contributed by atoms with E-state index in [1.807, 2.05) is 0 Å². The van der Waals surface area contributed by atoms with Gasteiger partial charge in [-0.2, -0.15) is 0 Å². The van der Waals surface area contributed by atoms with Crippen LogP contribution in [0.5, 0.6) is 0 Å². The quantitative estimate of drug-likeness (QED) is 0.247. The molecule has 0 aromatic heterocycles. The van der Waals surface area contributed by atoms with Crippen molar-refractivity contribution in [2.45, 2.75) is 70.2 Å². The van der Waals surface area contributed by atoms with Gasteiger partial charge in [-0.05, 0) is 0 Å². The van der Waals surface area contributed by atoms with Gasteiger partial charge >= 0.3 is 187 Å². The van der Waals surface area contributed by atoms with Crippen molar-refractivity contribution >= 4 is 18.4 Å². The molecule has 4 rings (SSSR count). The summed E-state index contributed by atoms with van der Waals surface area (Å²) in [6, 6.07) is 15.6. The third-order valence-electron chi connectivity index (χ3n) is 8.16. The van der Waals surface area contributed by atoms with Crippen LogP contribution in [0.1, 0.15) is 74.3 Å². The van der Waals surface area contributed by atoms with Crippen molar-refractivity contribution < 1.29 is 17.1 Å². The number of hydrogen-bond acceptors (Lipinski definition) is 0. The van der Waals surface area contributed by atoms with Crippen molar-refractivity contribution in [3.8, 4) is 0 Å². The van der Waals surface area contributed by atoms with Gasteiger partial charge in [0.1, 0.15) is 0 Å². The fourth-order valence-corrected chi connectivity index (χ4v) is 54.3. The maximum atomic E-state index is 2.86. The number of rotatable bonds is 5. The fraction of sp³-hybridized carbons (Fsp3) is 0.429. The fourth-order valence-electron chi connectivity index (χ4n) is 7.00. The second-order valence-corrected chi connectivity index (χ2v) is 55.0. The van der Waals surface area contributed by atoms with Gasteiger partial charge in [-0.1, -0.05) is 0 Å². The summed E-state index contributed by atoms with van der Waals surface area (Å²) >= 11 is -3.48. The molecule has 0 heterocycles. The van der Waals surface area contributed by atoms with Crippen molar-refractivity contribution in [3.63, 3.8) is 0 Å². The van der Waals surface area contributed by atoms with Crippen LogP contribution in [0, 0.1) is 13.8 Å². The Morgan fingerprint density at radius 2 is 1.23 bits per heavy atom. The topological polar surface area (TPSA) is 0 Å². The van der Waals surface area contributed by atoms with Crippen LogP contribution in [0.4, 0.5) is 0 Å². The second-order valence-electron chi connectivity index (χ2n) is 10.9. The summed E-state index contributed by atoms with van der Waals surface area (Å²) in [5, 5.41) is 0. The minimum atomic E-state index is -3.48. The summed E-state index contributed by atoms with van der Waals surface area (Å²) in [5.74, 6) is 0. The number of hydrogen-bond donors (Lipinski definition) is 0. The van der Waals surface area contributed by atoms with Gasteiger partial charge in [0.05, 0.1) is 0 Å². The Balaban J connectivity index is 2.01. The van der Waals surface area contributed by atoms with E-state index in [1.165, 1.54) is 41.1 Å². The first kappa shape index (κ1) is 22.2. The van der Waals surface area contributed by atoms with Gasteiger partial charge in [0.25, 0.3) is 0 Å². The molecule has 0 aliphatic heterocycles. The molecular weight excluding hydrogens is 543 g/mol. The van der Waals surface area contributed by atoms with Gasteiger partial charge in [0, 0.05) is 0 Å². The number of benzene rings is 2. The van der Waals surface area contributed by atoms with Gasteiger partial charge in [-0.15, -0.1) is 0 Å². The molecule has 0 saturated heterocycles. The number of unbranched alkanes of at least 4 members (excludes halogenated alkanes) is 1. The van der Waals surface area contributed by atoms with Crippen molar-refractivity contribution in [1.29, 1.82) is 0 Å². The van der Waals surface area contributed by atoms with Crippen LogP contribution >= 0.6 is 0 Å². The van der Waals surface area contributed by atoms with E-state index in [2.05, 4.69) is 92.5 Å². The predicted octanol–water partition coefficient (Wildman–Crippen LogP) is 8.28. The molecule has 0 radical (unpaired) electrons. The average molecular weight is 581 g/mol. The summed E-state index contributed by atoms with van der Waals surface area (Å²) in [4.78, 5) is 0. The SMILES string of the molecule is CCCC[SiH]=[Hf]([CH3])([CH3])([CH]1C(C)=Cc2c(C)cccc21)[CH]1C(C)=Cc2c(C)cccc21. The molecule has 0 nitrogen and oxygen atoms in total. The van der Waals surface area contributed by atoms with Crippen LogP contribution in [-0.4, -0.2) is 6.22 Å². The summed E-state index contributed by atoms with van der Waals surface area (Å²) in [6.45, 7) is 11.8. The molecular formula is C28H38HfSi. The molecule has 0 fully saturated rings. The first-order chi connectivity index (χ1) is 14.2. The molecule has 2 aliphatic rings. The monoisotopic (exact) mass is 582 g/mol. The Morgan fingerprint density at radius 1 is 0.767 bits per heavy atom. The zero-order valence-electron chi connectivity index (χ0n) is 20.0. The van der Waals surface area contributed by atoms with E-state index in [1.54, 1.807) is 22.3 Å². The van der Waals surface area contributed by atoms with Crippen molar-refractivity contribution in [1.82, 2.24) is 0 Å². The first-order valence-electron chi connectivity index (χ1n) is 11.8. The Labute approximate surface area is 185 Å². The standard InChI is InChI=1S/2C11H11.C4H10Si.2CH3.Hf/c2*1-8-6-10-5-3-4-9(2)11(10)7-8;1-2-3-4-5;;;/h2*3-7H,1-2H3;5H,2-4H2,1H3;2*1H3;. The zero-order chi connectivity index (χ0) is 21.7. The van der Waals surface area contributed by atoms with Gasteiger partial charge < -0.3 is 0 Å². The van der Waals surface area contributed by atoms with Crippen molar-refractivity contribution in [3.05, 3.63) is 80.9 Å². The van der Waals surface area contributed by atoms with Crippen LogP contribution in [0.3, 0.4) is 0 Å². The van der Waals surface area contributed by atoms with Gasteiger partial charge in [0.2, 0.25) is 0 Å². The van der Waals surface area contributed by atoms with E-state index >= 15 is 0 Å². The van der Waals surface area contributed by atoms with Crippen LogP contribution in [-0.2, 0) is 17.1 Å². The molecule has 2 aromatic carbocycles. The number of fused-ring (bicyclic) bond motifs is 2. The van der Waals surface area contributed by atoms with E-state index in [0.29, 0.717) is 13.6 Å². The number of aryl methyl sites for hydroxylation is 2. The molecule has 2 atom stereocenters. The molecule has 2 heteroatoms. The molecule has 158 valence electrons. The van der Waals surface area contributed by atoms with E-state index < -0.39 is 17.1 Å². The van der Waals surface area contributed by atoms with Gasteiger partial charge in [0.15, 0.2) is 0 Å². The Morgan fingerprint density at radius 3 is 1.67 bits per heavy atom. The van der Waals surface area contributed by atoms with Gasteiger partial charge in [-0.25, -0.2) is 0 Å². The van der Waals surface area contributed by atoms with E-state index in [0.717, 1.165) is 0 Å². The van der Waals surface area contributed by atoms with E-state index in [9.17, 15) is 0 Å². The molecule has 2 aliphatic carbocycles. The first-order valence-corrected chi connectivity index (χ1v) is 30.7. The molecule has 0 N–H and O–H groups in total. The van der Waals surface area contributed by atoms with Gasteiger partial charge in [-0.3, -0.25) is 0 Å². The summed E-state index contributed by atoms with van der Waals surface area (Å²) in [7, 11) is 0. The minimum absolute atomic E-state index is 0.482. The average Bonchev–Trinajstić information content (AvgIpc) is 3.21. The second kappa shape index (κ2) is 7.85. The summed E-state index contributed by atoms with van der Waals surface area (Å²) in [6.07, 6.45) is 8.29. The molecule has 0 saturated carbocycles. The zero-order valence-corrected chi connectivity index (χ0v) is 24.7. The van der Waals surface area contributed by atoms with Crippen LogP contribution < -0.4 is 0 Å². The molecule has 2 aromatic rings. The summed E-state index contributed by atoms with van der Waals surface area (Å²) < 4.78 is 7.12. The molecule has 30 heavy (non-hydrogen) atoms. The molecule has 2 unspecified atom stereocenters. The van der Waals surface area contributed by atoms with Crippen LogP contribution in [0.2, 0.25) is 15.4 Å². The maximum absolute atomic E-state index is 3.48.